The second kappa shape index (κ2) is 7.88. The summed E-state index contributed by atoms with van der Waals surface area (Å²) < 4.78 is 0. The van der Waals surface area contributed by atoms with E-state index in [4.69, 9.17) is 23.2 Å². The van der Waals surface area contributed by atoms with Crippen LogP contribution in [-0.4, -0.2) is 21.0 Å². The summed E-state index contributed by atoms with van der Waals surface area (Å²) in [4.78, 5) is 15.3. The molecule has 0 aliphatic carbocycles. The van der Waals surface area contributed by atoms with Gasteiger partial charge in [-0.15, -0.1) is 0 Å². The largest absolute Gasteiger partial charge is 0.322 e. The van der Waals surface area contributed by atoms with Gasteiger partial charge in [0.15, 0.2) is 0 Å². The Balaban J connectivity index is 1.66. The van der Waals surface area contributed by atoms with Gasteiger partial charge in [-0.3, -0.25) is 9.89 Å². The highest BCUT2D eigenvalue weighted by atomic mass is 35.5. The van der Waals surface area contributed by atoms with E-state index >= 15 is 0 Å². The van der Waals surface area contributed by atoms with Crippen LogP contribution in [0.2, 0.25) is 10.0 Å². The van der Waals surface area contributed by atoms with Gasteiger partial charge in [-0.25, -0.2) is 0 Å². The smallest absolute Gasteiger partial charge is 0.273 e. The van der Waals surface area contributed by atoms with Gasteiger partial charge in [-0.1, -0.05) is 83.4 Å². The first-order valence-corrected chi connectivity index (χ1v) is 10.7. The maximum atomic E-state index is 13.5. The fourth-order valence-corrected chi connectivity index (χ4v) is 4.52. The first-order valence-electron chi connectivity index (χ1n) is 9.98. The van der Waals surface area contributed by atoms with Crippen LogP contribution in [0, 0.1) is 6.92 Å². The number of amides is 1. The van der Waals surface area contributed by atoms with Crippen molar-refractivity contribution in [3.63, 3.8) is 0 Å². The van der Waals surface area contributed by atoms with Crippen molar-refractivity contribution in [2.45, 2.75) is 19.5 Å². The zero-order chi connectivity index (χ0) is 21.5. The standard InChI is InChI=1S/C25H19Cl2N3O/c1-15-9-11-16(12-10-15)22-21-23(29-28-22)25(31)30(14-18-5-2-3-8-20(18)27)24(21)17-6-4-7-19(26)13-17/h2-13,24H,14H2,1H3,(H,28,29). The van der Waals surface area contributed by atoms with Gasteiger partial charge in [0.25, 0.3) is 5.91 Å². The highest BCUT2D eigenvalue weighted by Gasteiger charge is 2.42. The molecule has 154 valence electrons. The molecular formula is C25H19Cl2N3O. The number of aryl methyl sites for hydroxylation is 1. The molecule has 0 saturated heterocycles. The Hall–Kier alpha value is -3.08. The van der Waals surface area contributed by atoms with Gasteiger partial charge in [-0.05, 0) is 36.2 Å². The minimum Gasteiger partial charge on any atom is -0.322 e. The molecule has 4 nitrogen and oxygen atoms in total. The van der Waals surface area contributed by atoms with Crippen LogP contribution in [0.4, 0.5) is 0 Å². The van der Waals surface area contributed by atoms with E-state index in [9.17, 15) is 4.79 Å². The number of hydrogen-bond donors (Lipinski definition) is 1. The molecule has 0 fully saturated rings. The molecule has 4 aromatic rings. The number of aromatic amines is 1. The van der Waals surface area contributed by atoms with Crippen LogP contribution < -0.4 is 0 Å². The van der Waals surface area contributed by atoms with Gasteiger partial charge in [0.2, 0.25) is 0 Å². The summed E-state index contributed by atoms with van der Waals surface area (Å²) in [5.41, 5.74) is 6.09. The Morgan fingerprint density at radius 2 is 1.77 bits per heavy atom. The second-order valence-corrected chi connectivity index (χ2v) is 8.55. The Kier molecular flexibility index (Phi) is 5.05. The first kappa shape index (κ1) is 19.9. The molecule has 31 heavy (non-hydrogen) atoms. The molecule has 1 aliphatic rings. The van der Waals surface area contributed by atoms with Crippen LogP contribution in [-0.2, 0) is 6.54 Å². The quantitative estimate of drug-likeness (QED) is 0.391. The number of carbonyl (C=O) groups is 1. The Morgan fingerprint density at radius 1 is 1.00 bits per heavy atom. The number of hydrogen-bond acceptors (Lipinski definition) is 2. The summed E-state index contributed by atoms with van der Waals surface area (Å²) in [6, 6.07) is 23.0. The van der Waals surface area contributed by atoms with E-state index in [1.165, 1.54) is 5.56 Å². The number of halogens is 2. The van der Waals surface area contributed by atoms with Crippen molar-refractivity contribution in [1.29, 1.82) is 0 Å². The fourth-order valence-electron chi connectivity index (χ4n) is 4.12. The molecule has 0 spiro atoms. The van der Waals surface area contributed by atoms with Crippen molar-refractivity contribution < 1.29 is 4.79 Å². The lowest BCUT2D eigenvalue weighted by molar-refractivity contribution is 0.0730. The predicted molar refractivity (Wildman–Crippen MR) is 123 cm³/mol. The Labute approximate surface area is 190 Å². The van der Waals surface area contributed by atoms with E-state index in [0.29, 0.717) is 22.3 Å². The molecule has 1 atom stereocenters. The molecule has 1 aromatic heterocycles. The molecule has 1 aliphatic heterocycles. The molecular weight excluding hydrogens is 429 g/mol. The number of aromatic nitrogens is 2. The zero-order valence-electron chi connectivity index (χ0n) is 16.8. The molecule has 3 aromatic carbocycles. The van der Waals surface area contributed by atoms with Gasteiger partial charge in [-0.2, -0.15) is 5.10 Å². The summed E-state index contributed by atoms with van der Waals surface area (Å²) in [5, 5.41) is 8.75. The highest BCUT2D eigenvalue weighted by Crippen LogP contribution is 2.44. The SMILES string of the molecule is Cc1ccc(-c2n[nH]c3c2C(c2cccc(Cl)c2)N(Cc2ccccc2Cl)C3=O)cc1. The van der Waals surface area contributed by atoms with Gasteiger partial charge in [0.1, 0.15) is 5.69 Å². The molecule has 2 heterocycles. The van der Waals surface area contributed by atoms with Crippen LogP contribution in [0.15, 0.2) is 72.8 Å². The molecule has 0 saturated carbocycles. The van der Waals surface area contributed by atoms with Crippen LogP contribution >= 0.6 is 23.2 Å². The molecule has 1 N–H and O–H groups in total. The zero-order valence-corrected chi connectivity index (χ0v) is 18.3. The summed E-state index contributed by atoms with van der Waals surface area (Å²) in [7, 11) is 0. The van der Waals surface area contributed by atoms with E-state index in [1.807, 2.05) is 84.6 Å². The molecule has 1 unspecified atom stereocenters. The van der Waals surface area contributed by atoms with E-state index < -0.39 is 0 Å². The van der Waals surface area contributed by atoms with E-state index in [2.05, 4.69) is 10.2 Å². The summed E-state index contributed by atoms with van der Waals surface area (Å²) in [6.45, 7) is 2.42. The third kappa shape index (κ3) is 3.52. The third-order valence-corrected chi connectivity index (χ3v) is 6.26. The van der Waals surface area contributed by atoms with Crippen LogP contribution in [0.1, 0.15) is 38.8 Å². The monoisotopic (exact) mass is 447 g/mol. The summed E-state index contributed by atoms with van der Waals surface area (Å²) in [6.07, 6.45) is 0. The number of rotatable bonds is 4. The number of nitrogens with zero attached hydrogens (tertiary/aromatic N) is 2. The maximum absolute atomic E-state index is 13.5. The Bertz CT molecular complexity index is 1280. The lowest BCUT2D eigenvalue weighted by atomic mass is 9.95. The first-order chi connectivity index (χ1) is 15.0. The van der Waals surface area contributed by atoms with Crippen molar-refractivity contribution in [3.05, 3.63) is 111 Å². The summed E-state index contributed by atoms with van der Waals surface area (Å²) >= 11 is 12.7. The average Bonchev–Trinajstić information content (AvgIpc) is 3.30. The lowest BCUT2D eigenvalue weighted by Gasteiger charge is -2.27. The average molecular weight is 448 g/mol. The second-order valence-electron chi connectivity index (χ2n) is 7.71. The van der Waals surface area contributed by atoms with Crippen molar-refractivity contribution in [2.24, 2.45) is 0 Å². The van der Waals surface area contributed by atoms with E-state index in [0.717, 1.165) is 27.9 Å². The number of H-pyrrole nitrogens is 1. The number of carbonyl (C=O) groups excluding carboxylic acids is 1. The topological polar surface area (TPSA) is 49.0 Å². The molecule has 6 heteroatoms. The van der Waals surface area contributed by atoms with Crippen molar-refractivity contribution in [2.75, 3.05) is 0 Å². The molecule has 0 radical (unpaired) electrons. The minimum atomic E-state index is -0.326. The maximum Gasteiger partial charge on any atom is 0.273 e. The van der Waals surface area contributed by atoms with Gasteiger partial charge in [0.05, 0.1) is 11.7 Å². The molecule has 1 amide bonds. The minimum absolute atomic E-state index is 0.106. The lowest BCUT2D eigenvalue weighted by Crippen LogP contribution is -2.29. The van der Waals surface area contributed by atoms with Crippen molar-refractivity contribution in [3.8, 4) is 11.3 Å². The Morgan fingerprint density at radius 3 is 2.52 bits per heavy atom. The van der Waals surface area contributed by atoms with Crippen molar-refractivity contribution in [1.82, 2.24) is 15.1 Å². The number of benzene rings is 3. The normalized spacial score (nSPS) is 15.4. The van der Waals surface area contributed by atoms with Crippen molar-refractivity contribution >= 4 is 29.1 Å². The predicted octanol–water partition coefficient (Wildman–Crippen LogP) is 6.44. The third-order valence-electron chi connectivity index (χ3n) is 5.65. The molecule has 0 bridgehead atoms. The van der Waals surface area contributed by atoms with E-state index in [1.54, 1.807) is 0 Å². The van der Waals surface area contributed by atoms with Crippen LogP contribution in [0.3, 0.4) is 0 Å². The summed E-state index contributed by atoms with van der Waals surface area (Å²) in [5.74, 6) is -0.106. The van der Waals surface area contributed by atoms with Crippen LogP contribution in [0.25, 0.3) is 11.3 Å². The van der Waals surface area contributed by atoms with E-state index in [-0.39, 0.29) is 11.9 Å². The fraction of sp³-hybridized carbons (Fsp3) is 0.120. The highest BCUT2D eigenvalue weighted by molar-refractivity contribution is 6.31. The van der Waals surface area contributed by atoms with Gasteiger partial charge >= 0.3 is 0 Å². The van der Waals surface area contributed by atoms with Crippen LogP contribution in [0.5, 0.6) is 0 Å². The van der Waals surface area contributed by atoms with Gasteiger partial charge in [0, 0.05) is 27.7 Å². The van der Waals surface area contributed by atoms with Gasteiger partial charge < -0.3 is 4.90 Å². The molecule has 5 rings (SSSR count). The number of nitrogens with one attached hydrogen (secondary N) is 1. The number of fused-ring (bicyclic) bond motifs is 1.